The molecule has 1 aromatic rings. The number of carbonyl (C=O) groups excluding carboxylic acids is 3. The zero-order valence-electron chi connectivity index (χ0n) is 18.2. The molecule has 5 unspecified atom stereocenters. The molecule has 0 aromatic heterocycles. The van der Waals surface area contributed by atoms with E-state index < -0.39 is 54.5 Å². The standard InChI is InChI=1S/C21H32N4O6S/c1-3-12(2)17(25-19(28)16(10-26)24-18(27)14(22)11-32)20(29)23-15(21(30)31)9-13-7-5-4-6-8-13/h4-8,12,14-17,26,32H,3,9-11,22H2,1-2H3,(H,23,29)(H,24,27)(H,25,28)(H,30,31). The summed E-state index contributed by atoms with van der Waals surface area (Å²) >= 11 is 3.91. The van der Waals surface area contributed by atoms with Crippen LogP contribution in [-0.2, 0) is 25.6 Å². The number of nitrogens with two attached hydrogens (primary N) is 1. The third-order valence-corrected chi connectivity index (χ3v) is 5.43. The lowest BCUT2D eigenvalue weighted by molar-refractivity contribution is -0.142. The molecule has 0 heterocycles. The summed E-state index contributed by atoms with van der Waals surface area (Å²) in [4.78, 5) is 49.1. The van der Waals surface area contributed by atoms with Crippen molar-refractivity contribution in [1.82, 2.24) is 16.0 Å². The Morgan fingerprint density at radius 2 is 1.59 bits per heavy atom. The van der Waals surface area contributed by atoms with E-state index in [2.05, 4.69) is 28.6 Å². The number of hydrogen-bond acceptors (Lipinski definition) is 7. The van der Waals surface area contributed by atoms with Gasteiger partial charge in [-0.25, -0.2) is 4.79 Å². The van der Waals surface area contributed by atoms with Gasteiger partial charge in [-0.1, -0.05) is 50.6 Å². The summed E-state index contributed by atoms with van der Waals surface area (Å²) in [6, 6.07) is 4.26. The fourth-order valence-electron chi connectivity index (χ4n) is 2.82. The number of nitrogens with one attached hydrogen (secondary N) is 3. The van der Waals surface area contributed by atoms with Crippen LogP contribution in [0.2, 0.25) is 0 Å². The average Bonchev–Trinajstić information content (AvgIpc) is 2.79. The minimum absolute atomic E-state index is 0.0431. The van der Waals surface area contributed by atoms with E-state index in [9.17, 15) is 29.4 Å². The number of hydrogen-bond donors (Lipinski definition) is 7. The summed E-state index contributed by atoms with van der Waals surface area (Å²) in [5.41, 5.74) is 6.29. The Kier molecular flexibility index (Phi) is 11.7. The Morgan fingerprint density at radius 3 is 2.09 bits per heavy atom. The van der Waals surface area contributed by atoms with Crippen LogP contribution in [-0.4, -0.2) is 70.4 Å². The second kappa shape index (κ2) is 13.7. The molecule has 32 heavy (non-hydrogen) atoms. The SMILES string of the molecule is CCC(C)C(NC(=O)C(CO)NC(=O)C(N)CS)C(=O)NC(Cc1ccccc1)C(=O)O. The van der Waals surface area contributed by atoms with Crippen LogP contribution >= 0.6 is 12.6 Å². The topological polar surface area (TPSA) is 171 Å². The first-order valence-electron chi connectivity index (χ1n) is 10.3. The van der Waals surface area contributed by atoms with Gasteiger partial charge in [-0.2, -0.15) is 12.6 Å². The van der Waals surface area contributed by atoms with Crippen molar-refractivity contribution in [2.45, 2.75) is 50.9 Å². The third-order valence-electron chi connectivity index (χ3n) is 5.04. The molecule has 1 aromatic carbocycles. The number of benzene rings is 1. The van der Waals surface area contributed by atoms with Crippen LogP contribution in [0.4, 0.5) is 0 Å². The first kappa shape index (κ1) is 27.4. The number of carbonyl (C=O) groups is 4. The summed E-state index contributed by atoms with van der Waals surface area (Å²) in [5.74, 6) is -3.65. The van der Waals surface area contributed by atoms with Crippen molar-refractivity contribution in [2.24, 2.45) is 11.7 Å². The predicted octanol–water partition coefficient (Wildman–Crippen LogP) is -0.936. The molecule has 0 aliphatic heterocycles. The monoisotopic (exact) mass is 468 g/mol. The van der Waals surface area contributed by atoms with Crippen molar-refractivity contribution in [1.29, 1.82) is 0 Å². The fourth-order valence-corrected chi connectivity index (χ4v) is 2.99. The number of aliphatic carboxylic acids is 1. The first-order valence-corrected chi connectivity index (χ1v) is 10.9. The Bertz CT molecular complexity index is 779. The van der Waals surface area contributed by atoms with E-state index in [0.717, 1.165) is 5.56 Å². The quantitative estimate of drug-likeness (QED) is 0.183. The van der Waals surface area contributed by atoms with Crippen LogP contribution in [0.5, 0.6) is 0 Å². The molecule has 0 spiro atoms. The number of amides is 3. The van der Waals surface area contributed by atoms with Gasteiger partial charge in [0.2, 0.25) is 17.7 Å². The molecule has 178 valence electrons. The molecular weight excluding hydrogens is 436 g/mol. The molecule has 0 saturated carbocycles. The normalized spacial score (nSPS) is 15.5. The molecule has 5 atom stereocenters. The van der Waals surface area contributed by atoms with E-state index >= 15 is 0 Å². The van der Waals surface area contributed by atoms with Crippen molar-refractivity contribution in [3.05, 3.63) is 35.9 Å². The third kappa shape index (κ3) is 8.48. The minimum Gasteiger partial charge on any atom is -0.480 e. The molecule has 0 aliphatic carbocycles. The number of thiol groups is 1. The number of rotatable bonds is 13. The molecule has 0 radical (unpaired) electrons. The van der Waals surface area contributed by atoms with Crippen LogP contribution < -0.4 is 21.7 Å². The van der Waals surface area contributed by atoms with Gasteiger partial charge in [0.05, 0.1) is 12.6 Å². The molecule has 0 aliphatic rings. The molecule has 0 saturated heterocycles. The second-order valence-electron chi connectivity index (χ2n) is 7.49. The maximum atomic E-state index is 12.9. The van der Waals surface area contributed by atoms with Crippen LogP contribution in [0.25, 0.3) is 0 Å². The first-order chi connectivity index (χ1) is 15.1. The van der Waals surface area contributed by atoms with Crippen molar-refractivity contribution in [2.75, 3.05) is 12.4 Å². The molecule has 0 bridgehead atoms. The van der Waals surface area contributed by atoms with Gasteiger partial charge in [-0.05, 0) is 11.5 Å². The lowest BCUT2D eigenvalue weighted by Crippen LogP contribution is -2.59. The van der Waals surface area contributed by atoms with Gasteiger partial charge in [-0.3, -0.25) is 14.4 Å². The maximum Gasteiger partial charge on any atom is 0.326 e. The second-order valence-corrected chi connectivity index (χ2v) is 7.86. The molecule has 11 heteroatoms. The summed E-state index contributed by atoms with van der Waals surface area (Å²) in [6.45, 7) is 2.82. The Morgan fingerprint density at radius 1 is 1.00 bits per heavy atom. The molecular formula is C21H32N4O6S. The summed E-state index contributed by atoms with van der Waals surface area (Å²) in [6.07, 6.45) is 0.579. The molecule has 3 amide bonds. The highest BCUT2D eigenvalue weighted by Crippen LogP contribution is 2.10. The summed E-state index contributed by atoms with van der Waals surface area (Å²) < 4.78 is 0. The van der Waals surface area contributed by atoms with Gasteiger partial charge in [-0.15, -0.1) is 0 Å². The number of aliphatic hydroxyl groups excluding tert-OH is 1. The summed E-state index contributed by atoms with van der Waals surface area (Å²) in [5, 5.41) is 26.4. The minimum atomic E-state index is -1.33. The number of carboxylic acid groups (broad SMARTS) is 1. The van der Waals surface area contributed by atoms with Gasteiger partial charge in [0.1, 0.15) is 18.1 Å². The Balaban J connectivity index is 2.93. The van der Waals surface area contributed by atoms with E-state index in [1.165, 1.54) is 0 Å². The Hall–Kier alpha value is -2.63. The highest BCUT2D eigenvalue weighted by atomic mass is 32.1. The molecule has 10 nitrogen and oxygen atoms in total. The highest BCUT2D eigenvalue weighted by Gasteiger charge is 2.32. The zero-order valence-corrected chi connectivity index (χ0v) is 19.0. The largest absolute Gasteiger partial charge is 0.480 e. The van der Waals surface area contributed by atoms with Gasteiger partial charge < -0.3 is 31.9 Å². The van der Waals surface area contributed by atoms with Crippen molar-refractivity contribution in [3.8, 4) is 0 Å². The van der Waals surface area contributed by atoms with E-state index in [1.807, 2.05) is 6.92 Å². The van der Waals surface area contributed by atoms with Crippen LogP contribution in [0.1, 0.15) is 25.8 Å². The Labute approximate surface area is 192 Å². The predicted molar refractivity (Wildman–Crippen MR) is 122 cm³/mol. The van der Waals surface area contributed by atoms with Crippen molar-refractivity contribution in [3.63, 3.8) is 0 Å². The lowest BCUT2D eigenvalue weighted by atomic mass is 9.97. The van der Waals surface area contributed by atoms with E-state index in [1.54, 1.807) is 37.3 Å². The fraction of sp³-hybridized carbons (Fsp3) is 0.524. The number of carboxylic acids is 1. The average molecular weight is 469 g/mol. The maximum absolute atomic E-state index is 12.9. The molecule has 1 rings (SSSR count). The van der Waals surface area contributed by atoms with Gasteiger partial charge in [0, 0.05) is 12.2 Å². The van der Waals surface area contributed by atoms with Gasteiger partial charge in [0.25, 0.3) is 0 Å². The smallest absolute Gasteiger partial charge is 0.326 e. The van der Waals surface area contributed by atoms with Crippen LogP contribution in [0.3, 0.4) is 0 Å². The van der Waals surface area contributed by atoms with Crippen LogP contribution in [0, 0.1) is 5.92 Å². The highest BCUT2D eigenvalue weighted by molar-refractivity contribution is 7.80. The number of aliphatic hydroxyl groups is 1. The van der Waals surface area contributed by atoms with E-state index in [-0.39, 0.29) is 18.1 Å². The van der Waals surface area contributed by atoms with E-state index in [4.69, 9.17) is 5.73 Å². The summed E-state index contributed by atoms with van der Waals surface area (Å²) in [7, 11) is 0. The lowest BCUT2D eigenvalue weighted by Gasteiger charge is -2.27. The molecule has 0 fully saturated rings. The van der Waals surface area contributed by atoms with Gasteiger partial charge >= 0.3 is 5.97 Å². The molecule has 7 N–H and O–H groups in total. The van der Waals surface area contributed by atoms with Crippen LogP contribution in [0.15, 0.2) is 30.3 Å². The van der Waals surface area contributed by atoms with E-state index in [0.29, 0.717) is 6.42 Å². The van der Waals surface area contributed by atoms with Crippen molar-refractivity contribution >= 4 is 36.3 Å². The van der Waals surface area contributed by atoms with Gasteiger partial charge in [0.15, 0.2) is 0 Å². The van der Waals surface area contributed by atoms with Crippen molar-refractivity contribution < 1.29 is 29.4 Å². The zero-order chi connectivity index (χ0) is 24.3.